The Balaban J connectivity index is 1.49. The number of benzene rings is 2. The number of carbonyl (C=O) groups excluding carboxylic acids is 1. The van der Waals surface area contributed by atoms with Crippen LogP contribution in [0.25, 0.3) is 16.7 Å². The van der Waals surface area contributed by atoms with Crippen LogP contribution in [0.5, 0.6) is 0 Å². The highest BCUT2D eigenvalue weighted by Gasteiger charge is 2.31. The smallest absolute Gasteiger partial charge is 0.265 e. The van der Waals surface area contributed by atoms with Crippen LogP contribution in [-0.2, 0) is 4.79 Å². The van der Waals surface area contributed by atoms with Gasteiger partial charge in [0.05, 0.1) is 17.9 Å². The number of aryl methyl sites for hydroxylation is 1. The van der Waals surface area contributed by atoms with Crippen LogP contribution in [0.4, 0.5) is 5.69 Å². The first-order valence-corrected chi connectivity index (χ1v) is 11.6. The van der Waals surface area contributed by atoms with Crippen molar-refractivity contribution in [2.75, 3.05) is 17.2 Å². The van der Waals surface area contributed by atoms with Crippen LogP contribution >= 0.6 is 11.8 Å². The van der Waals surface area contributed by atoms with Crippen molar-refractivity contribution in [3.8, 4) is 5.69 Å². The van der Waals surface area contributed by atoms with E-state index in [1.165, 1.54) is 11.8 Å². The van der Waals surface area contributed by atoms with E-state index >= 15 is 0 Å². The lowest BCUT2D eigenvalue weighted by atomic mass is 10.2. The summed E-state index contributed by atoms with van der Waals surface area (Å²) >= 11 is 1.51. The number of anilines is 1. The van der Waals surface area contributed by atoms with Crippen LogP contribution in [0.15, 0.2) is 70.7 Å². The highest BCUT2D eigenvalue weighted by Crippen LogP contribution is 2.34. The molecular weight excluding hydrogens is 422 g/mol. The Morgan fingerprint density at radius 1 is 1.19 bits per heavy atom. The second-order valence-corrected chi connectivity index (χ2v) is 8.83. The molecule has 7 nitrogen and oxygen atoms in total. The Morgan fingerprint density at radius 2 is 2.00 bits per heavy atom. The molecule has 1 aliphatic heterocycles. The number of hydrogen-bond donors (Lipinski definition) is 0. The molecule has 4 aromatic rings. The van der Waals surface area contributed by atoms with Crippen molar-refractivity contribution < 1.29 is 4.79 Å². The minimum Gasteiger partial charge on any atom is -0.313 e. The molecule has 32 heavy (non-hydrogen) atoms. The van der Waals surface area contributed by atoms with Crippen LogP contribution in [0.1, 0.15) is 24.9 Å². The lowest BCUT2D eigenvalue weighted by Gasteiger charge is -2.23. The van der Waals surface area contributed by atoms with Gasteiger partial charge in [0.15, 0.2) is 10.8 Å². The number of fused-ring (bicyclic) bond motifs is 2. The summed E-state index contributed by atoms with van der Waals surface area (Å²) in [7, 11) is 0. The highest BCUT2D eigenvalue weighted by atomic mass is 32.2. The van der Waals surface area contributed by atoms with Gasteiger partial charge in [0, 0.05) is 24.4 Å². The summed E-state index contributed by atoms with van der Waals surface area (Å²) in [6, 6.07) is 17.3. The van der Waals surface area contributed by atoms with Gasteiger partial charge >= 0.3 is 0 Å². The number of para-hydroxylation sites is 1. The molecule has 0 N–H and O–H groups in total. The number of carbonyl (C=O) groups is 1. The van der Waals surface area contributed by atoms with Gasteiger partial charge in [-0.3, -0.25) is 14.2 Å². The molecule has 2 aromatic carbocycles. The number of aromatic nitrogens is 4. The molecule has 0 radical (unpaired) electrons. The molecule has 0 bridgehead atoms. The first-order valence-electron chi connectivity index (χ1n) is 10.6. The third-order valence-corrected chi connectivity index (χ3v) is 6.81. The predicted octanol–water partition coefficient (Wildman–Crippen LogP) is 3.98. The molecule has 0 fully saturated rings. The molecule has 1 unspecified atom stereocenters. The zero-order valence-corrected chi connectivity index (χ0v) is 18.7. The lowest BCUT2D eigenvalue weighted by Crippen LogP contribution is -2.34. The fourth-order valence-corrected chi connectivity index (χ4v) is 5.28. The van der Waals surface area contributed by atoms with Gasteiger partial charge in [-0.25, -0.2) is 9.67 Å². The van der Waals surface area contributed by atoms with E-state index in [-0.39, 0.29) is 23.9 Å². The molecule has 162 valence electrons. The molecule has 1 amide bonds. The fourth-order valence-electron chi connectivity index (χ4n) is 4.15. The zero-order chi connectivity index (χ0) is 22.2. The van der Waals surface area contributed by atoms with E-state index in [4.69, 9.17) is 4.98 Å². The monoisotopic (exact) mass is 445 g/mol. The van der Waals surface area contributed by atoms with E-state index in [9.17, 15) is 9.59 Å². The molecule has 0 aliphatic carbocycles. The van der Waals surface area contributed by atoms with Gasteiger partial charge in [-0.05, 0) is 43.7 Å². The Kier molecular flexibility index (Phi) is 5.30. The maximum atomic E-state index is 13.4. The number of rotatable bonds is 5. The molecular formula is C24H23N5O2S. The van der Waals surface area contributed by atoms with E-state index in [1.54, 1.807) is 20.3 Å². The Hall–Kier alpha value is -3.39. The van der Waals surface area contributed by atoms with Crippen molar-refractivity contribution in [1.29, 1.82) is 0 Å². The van der Waals surface area contributed by atoms with Crippen molar-refractivity contribution in [2.24, 2.45) is 0 Å². The highest BCUT2D eigenvalue weighted by molar-refractivity contribution is 7.99. The molecule has 8 heteroatoms. The molecule has 3 heterocycles. The number of nitrogens with zero attached hydrogens (tertiary/aromatic N) is 5. The van der Waals surface area contributed by atoms with E-state index in [0.29, 0.717) is 28.5 Å². The summed E-state index contributed by atoms with van der Waals surface area (Å²) in [6.45, 7) is 4.55. The van der Waals surface area contributed by atoms with Crippen molar-refractivity contribution in [3.63, 3.8) is 0 Å². The van der Waals surface area contributed by atoms with Gasteiger partial charge in [0.25, 0.3) is 5.56 Å². The van der Waals surface area contributed by atoms with Crippen LogP contribution in [0.2, 0.25) is 0 Å². The van der Waals surface area contributed by atoms with Crippen molar-refractivity contribution >= 4 is 34.4 Å². The van der Waals surface area contributed by atoms with Gasteiger partial charge in [-0.1, -0.05) is 42.1 Å². The normalized spacial score (nSPS) is 15.1. The largest absolute Gasteiger partial charge is 0.313 e. The molecule has 1 atom stereocenters. The van der Waals surface area contributed by atoms with Gasteiger partial charge in [0.2, 0.25) is 5.91 Å². The summed E-state index contributed by atoms with van der Waals surface area (Å²) in [5.74, 6) is 0.643. The predicted molar refractivity (Wildman–Crippen MR) is 127 cm³/mol. The zero-order valence-electron chi connectivity index (χ0n) is 17.9. The molecule has 2 aromatic heterocycles. The van der Waals surface area contributed by atoms with E-state index < -0.39 is 0 Å². The van der Waals surface area contributed by atoms with Crippen LogP contribution in [0.3, 0.4) is 0 Å². The van der Waals surface area contributed by atoms with Crippen LogP contribution in [-0.4, -0.2) is 37.5 Å². The number of thioether (sulfide) groups is 1. The second-order valence-electron chi connectivity index (χ2n) is 7.84. The fraction of sp³-hybridized carbons (Fsp3) is 0.250. The van der Waals surface area contributed by atoms with E-state index in [0.717, 1.165) is 16.9 Å². The summed E-state index contributed by atoms with van der Waals surface area (Å²) in [5, 5.41) is 5.53. The maximum absolute atomic E-state index is 13.4. The minimum atomic E-state index is -0.230. The van der Waals surface area contributed by atoms with E-state index in [2.05, 4.69) is 5.10 Å². The average molecular weight is 446 g/mol. The van der Waals surface area contributed by atoms with Gasteiger partial charge in [0.1, 0.15) is 5.39 Å². The third-order valence-electron chi connectivity index (χ3n) is 5.71. The Morgan fingerprint density at radius 3 is 2.75 bits per heavy atom. The van der Waals surface area contributed by atoms with Crippen molar-refractivity contribution in [3.05, 3.63) is 76.7 Å². The quantitative estimate of drug-likeness (QED) is 0.435. The number of hydrogen-bond acceptors (Lipinski definition) is 5. The SMILES string of the molecule is CCN(C(=O)CC1CSc2nc3c(cnn3-c3cccc(C)c3)c(=O)n21)c1ccccc1. The maximum Gasteiger partial charge on any atom is 0.265 e. The minimum absolute atomic E-state index is 0.000368. The average Bonchev–Trinajstić information content (AvgIpc) is 3.40. The molecule has 0 saturated carbocycles. The molecule has 0 saturated heterocycles. The summed E-state index contributed by atoms with van der Waals surface area (Å²) in [5.41, 5.74) is 3.25. The first kappa shape index (κ1) is 20.5. The Bertz CT molecular complexity index is 1360. The summed E-state index contributed by atoms with van der Waals surface area (Å²) in [4.78, 5) is 33.0. The first-order chi connectivity index (χ1) is 15.6. The van der Waals surface area contributed by atoms with Crippen LogP contribution in [0, 0.1) is 6.92 Å². The molecule has 1 aliphatic rings. The van der Waals surface area contributed by atoms with Gasteiger partial charge < -0.3 is 4.90 Å². The van der Waals surface area contributed by atoms with Crippen molar-refractivity contribution in [2.45, 2.75) is 31.5 Å². The van der Waals surface area contributed by atoms with Gasteiger partial charge in [-0.2, -0.15) is 5.10 Å². The van der Waals surface area contributed by atoms with E-state index in [1.807, 2.05) is 68.4 Å². The second kappa shape index (κ2) is 8.27. The Labute approximate surface area is 189 Å². The van der Waals surface area contributed by atoms with Crippen molar-refractivity contribution in [1.82, 2.24) is 19.3 Å². The molecule has 5 rings (SSSR count). The topological polar surface area (TPSA) is 73.0 Å². The standard InChI is InChI=1S/C24H23N5O2S/c1-3-27(17-9-5-4-6-10-17)21(30)13-19-15-32-24-26-22-20(23(31)28(19)24)14-25-29(22)18-11-7-8-16(2)12-18/h4-12,14,19H,3,13,15H2,1-2H3. The molecule has 0 spiro atoms. The van der Waals surface area contributed by atoms with Gasteiger partial charge in [-0.15, -0.1) is 0 Å². The third kappa shape index (κ3) is 3.50. The summed E-state index contributed by atoms with van der Waals surface area (Å²) < 4.78 is 3.38. The number of amides is 1. The summed E-state index contributed by atoms with van der Waals surface area (Å²) in [6.07, 6.45) is 1.83. The lowest BCUT2D eigenvalue weighted by molar-refractivity contribution is -0.119. The van der Waals surface area contributed by atoms with Crippen LogP contribution < -0.4 is 10.5 Å².